The molecule has 23 heavy (non-hydrogen) atoms. The van der Waals surface area contributed by atoms with Gasteiger partial charge in [0, 0.05) is 17.7 Å². The molecule has 0 atom stereocenters. The van der Waals surface area contributed by atoms with E-state index in [2.05, 4.69) is 10.2 Å². The van der Waals surface area contributed by atoms with E-state index in [0.29, 0.717) is 5.89 Å². The summed E-state index contributed by atoms with van der Waals surface area (Å²) < 4.78 is 42.1. The first-order chi connectivity index (χ1) is 11.1. The predicted molar refractivity (Wildman–Crippen MR) is 82.9 cm³/mol. The van der Waals surface area contributed by atoms with Gasteiger partial charge in [0.05, 0.1) is 0 Å². The summed E-state index contributed by atoms with van der Waals surface area (Å²) in [6.07, 6.45) is -2.66. The Morgan fingerprint density at radius 3 is 2.57 bits per heavy atom. The molecule has 3 aromatic rings. The Bertz CT molecular complexity index is 859. The normalized spacial score (nSPS) is 10.9. The average Bonchev–Trinajstić information content (AvgIpc) is 3.03. The minimum atomic E-state index is -2.28. The lowest BCUT2D eigenvalue weighted by molar-refractivity contribution is 0.373. The molecule has 3 nitrogen and oxygen atoms in total. The summed E-state index contributed by atoms with van der Waals surface area (Å²) in [5, 5.41) is 10.1. The number of halogens is 3. The van der Waals surface area contributed by atoms with Gasteiger partial charge in [0.25, 0.3) is 5.22 Å². The second-order valence-corrected chi connectivity index (χ2v) is 5.74. The summed E-state index contributed by atoms with van der Waals surface area (Å²) in [5.41, 5.74) is 0.768. The number of aromatic nitrogens is 2. The van der Waals surface area contributed by atoms with Crippen LogP contribution in [0.15, 0.2) is 64.0 Å². The molecule has 0 radical (unpaired) electrons. The van der Waals surface area contributed by atoms with Crippen LogP contribution in [0.2, 0.25) is 0 Å². The third-order valence-electron chi connectivity index (χ3n) is 3.16. The minimum Gasteiger partial charge on any atom is -0.411 e. The van der Waals surface area contributed by atoms with Gasteiger partial charge in [-0.05, 0) is 22.9 Å². The molecule has 7 heteroatoms. The van der Waals surface area contributed by atoms with Gasteiger partial charge in [-0.3, -0.25) is 0 Å². The van der Waals surface area contributed by atoms with Crippen LogP contribution in [0.25, 0.3) is 22.2 Å². The molecule has 0 bridgehead atoms. The summed E-state index contributed by atoms with van der Waals surface area (Å²) in [5.74, 6) is -0.972. The van der Waals surface area contributed by atoms with Crippen LogP contribution >= 0.6 is 11.8 Å². The van der Waals surface area contributed by atoms with Crippen LogP contribution < -0.4 is 0 Å². The van der Waals surface area contributed by atoms with Gasteiger partial charge < -0.3 is 4.42 Å². The van der Waals surface area contributed by atoms with Gasteiger partial charge in [-0.15, -0.1) is 10.2 Å². The number of allylic oxidation sites excluding steroid dienone is 1. The first-order valence-electron chi connectivity index (χ1n) is 6.78. The minimum absolute atomic E-state index is 0.0997. The predicted octanol–water partition coefficient (Wildman–Crippen LogP) is 5.45. The van der Waals surface area contributed by atoms with Gasteiger partial charge in [-0.25, -0.2) is 4.39 Å². The van der Waals surface area contributed by atoms with E-state index < -0.39 is 11.9 Å². The lowest BCUT2D eigenvalue weighted by Gasteiger charge is -1.99. The lowest BCUT2D eigenvalue weighted by Crippen LogP contribution is -1.82. The smallest absolute Gasteiger partial charge is 0.301 e. The molecule has 0 aliphatic rings. The maximum atomic E-state index is 12.7. The van der Waals surface area contributed by atoms with Crippen molar-refractivity contribution in [1.29, 1.82) is 0 Å². The van der Waals surface area contributed by atoms with Crippen LogP contribution in [0.5, 0.6) is 0 Å². The van der Waals surface area contributed by atoms with E-state index in [9.17, 15) is 13.2 Å². The van der Waals surface area contributed by atoms with E-state index in [1.54, 1.807) is 0 Å². The second-order valence-electron chi connectivity index (χ2n) is 4.70. The molecule has 1 aromatic heterocycles. The third kappa shape index (κ3) is 3.73. The van der Waals surface area contributed by atoms with Crippen LogP contribution in [-0.4, -0.2) is 16.0 Å². The lowest BCUT2D eigenvalue weighted by atomic mass is 10.1. The monoisotopic (exact) mass is 336 g/mol. The standard InChI is InChI=1S/C16H11F3N2OS/c17-13(14(18)19)7-8-23-16-21-20-15(22-16)12-6-5-10-3-1-2-4-11(10)9-12/h1-6,9H,7-8H2. The van der Waals surface area contributed by atoms with E-state index >= 15 is 0 Å². The molecule has 0 aliphatic heterocycles. The topological polar surface area (TPSA) is 38.9 Å². The maximum Gasteiger partial charge on any atom is 0.301 e. The molecular formula is C16H11F3N2OS. The summed E-state index contributed by atoms with van der Waals surface area (Å²) in [4.78, 5) is 0. The summed E-state index contributed by atoms with van der Waals surface area (Å²) in [6, 6.07) is 13.6. The van der Waals surface area contributed by atoms with E-state index in [1.165, 1.54) is 0 Å². The fourth-order valence-electron chi connectivity index (χ4n) is 2.03. The van der Waals surface area contributed by atoms with E-state index in [4.69, 9.17) is 4.42 Å². The Balaban J connectivity index is 1.72. The molecule has 0 fully saturated rings. The number of fused-ring (bicyclic) bond motifs is 1. The summed E-state index contributed by atoms with van der Waals surface area (Å²) >= 11 is 1.04. The molecule has 0 saturated heterocycles. The molecule has 0 spiro atoms. The van der Waals surface area contributed by atoms with Gasteiger partial charge in [0.15, 0.2) is 5.83 Å². The Morgan fingerprint density at radius 2 is 1.78 bits per heavy atom. The van der Waals surface area contributed by atoms with Crippen molar-refractivity contribution in [3.63, 3.8) is 0 Å². The molecule has 0 aliphatic carbocycles. The van der Waals surface area contributed by atoms with Crippen molar-refractivity contribution in [3.8, 4) is 11.5 Å². The molecule has 1 heterocycles. The van der Waals surface area contributed by atoms with E-state index in [1.807, 2.05) is 42.5 Å². The Morgan fingerprint density at radius 1 is 1.00 bits per heavy atom. The van der Waals surface area contributed by atoms with Crippen molar-refractivity contribution < 1.29 is 17.6 Å². The summed E-state index contributed by atoms with van der Waals surface area (Å²) in [7, 11) is 0. The fourth-order valence-corrected chi connectivity index (χ4v) is 2.72. The van der Waals surface area contributed by atoms with E-state index in [-0.39, 0.29) is 17.4 Å². The van der Waals surface area contributed by atoms with Crippen molar-refractivity contribution in [2.45, 2.75) is 11.6 Å². The Hall–Kier alpha value is -2.28. The number of nitrogens with zero attached hydrogens (tertiary/aromatic N) is 2. The number of hydrogen-bond donors (Lipinski definition) is 0. The van der Waals surface area contributed by atoms with Crippen molar-refractivity contribution in [2.24, 2.45) is 0 Å². The van der Waals surface area contributed by atoms with Crippen molar-refractivity contribution >= 4 is 22.5 Å². The molecule has 3 rings (SSSR count). The highest BCUT2D eigenvalue weighted by Crippen LogP contribution is 2.27. The molecule has 0 N–H and O–H groups in total. The highest BCUT2D eigenvalue weighted by atomic mass is 32.2. The van der Waals surface area contributed by atoms with Crippen LogP contribution in [0.4, 0.5) is 13.2 Å². The average molecular weight is 336 g/mol. The zero-order valence-electron chi connectivity index (χ0n) is 11.8. The Labute approximate surface area is 134 Å². The van der Waals surface area contributed by atoms with Crippen LogP contribution in [0.3, 0.4) is 0 Å². The first kappa shape index (κ1) is 15.6. The van der Waals surface area contributed by atoms with Crippen molar-refractivity contribution in [1.82, 2.24) is 10.2 Å². The van der Waals surface area contributed by atoms with Crippen LogP contribution in [0, 0.1) is 0 Å². The number of thioether (sulfide) groups is 1. The largest absolute Gasteiger partial charge is 0.411 e. The maximum absolute atomic E-state index is 12.7. The highest BCUT2D eigenvalue weighted by molar-refractivity contribution is 7.99. The molecule has 2 aromatic carbocycles. The highest BCUT2D eigenvalue weighted by Gasteiger charge is 2.11. The third-order valence-corrected chi connectivity index (χ3v) is 3.98. The second kappa shape index (κ2) is 6.87. The van der Waals surface area contributed by atoms with Gasteiger partial charge >= 0.3 is 6.08 Å². The SMILES string of the molecule is FC(F)=C(F)CCSc1nnc(-c2ccc3ccccc3c2)o1. The fraction of sp³-hybridized carbons (Fsp3) is 0.125. The zero-order chi connectivity index (χ0) is 16.2. The molecular weight excluding hydrogens is 325 g/mol. The zero-order valence-corrected chi connectivity index (χ0v) is 12.6. The Kier molecular flexibility index (Phi) is 4.66. The van der Waals surface area contributed by atoms with Gasteiger partial charge in [0.2, 0.25) is 5.89 Å². The van der Waals surface area contributed by atoms with Crippen LogP contribution in [0.1, 0.15) is 6.42 Å². The molecule has 118 valence electrons. The van der Waals surface area contributed by atoms with Gasteiger partial charge in [-0.2, -0.15) is 8.78 Å². The van der Waals surface area contributed by atoms with Gasteiger partial charge in [-0.1, -0.05) is 42.1 Å². The first-order valence-corrected chi connectivity index (χ1v) is 7.77. The summed E-state index contributed by atoms with van der Waals surface area (Å²) in [6.45, 7) is 0. The molecule has 0 amide bonds. The molecule has 0 saturated carbocycles. The molecule has 0 unspecified atom stereocenters. The van der Waals surface area contributed by atoms with Crippen LogP contribution in [-0.2, 0) is 0 Å². The number of rotatable bonds is 5. The number of benzene rings is 2. The number of hydrogen-bond acceptors (Lipinski definition) is 4. The van der Waals surface area contributed by atoms with Gasteiger partial charge in [0.1, 0.15) is 0 Å². The van der Waals surface area contributed by atoms with E-state index in [0.717, 1.165) is 28.1 Å². The van der Waals surface area contributed by atoms with Crippen molar-refractivity contribution in [3.05, 3.63) is 54.4 Å². The quantitative estimate of drug-likeness (QED) is 0.581. The van der Waals surface area contributed by atoms with Crippen molar-refractivity contribution in [2.75, 3.05) is 5.75 Å².